The standard InChI is InChI=1S/C18H21Cl3N4O/c19-15-3-2-14(12-16(15)20)26-13-6-10-25(11-7-13)9-1-8-22-18-5-4-17(21)23-24-18/h2-5,12-13H,1,6-11H2,(H,22,24). The summed E-state index contributed by atoms with van der Waals surface area (Å²) in [5.74, 6) is 1.54. The number of rotatable bonds is 7. The molecule has 0 radical (unpaired) electrons. The van der Waals surface area contributed by atoms with Gasteiger partial charge in [0.2, 0.25) is 0 Å². The van der Waals surface area contributed by atoms with Crippen molar-refractivity contribution in [3.8, 4) is 5.75 Å². The van der Waals surface area contributed by atoms with Gasteiger partial charge in [-0.15, -0.1) is 10.2 Å². The van der Waals surface area contributed by atoms with Crippen LogP contribution in [-0.2, 0) is 0 Å². The normalized spacial score (nSPS) is 15.8. The molecule has 5 nitrogen and oxygen atoms in total. The quantitative estimate of drug-likeness (QED) is 0.659. The van der Waals surface area contributed by atoms with Gasteiger partial charge in [0.25, 0.3) is 0 Å². The third kappa shape index (κ3) is 5.88. The van der Waals surface area contributed by atoms with Crippen LogP contribution < -0.4 is 10.1 Å². The van der Waals surface area contributed by atoms with E-state index >= 15 is 0 Å². The average Bonchev–Trinajstić information content (AvgIpc) is 2.65. The van der Waals surface area contributed by atoms with E-state index in [4.69, 9.17) is 39.5 Å². The molecule has 8 heteroatoms. The lowest BCUT2D eigenvalue weighted by Crippen LogP contribution is -2.39. The number of hydrogen-bond acceptors (Lipinski definition) is 5. The van der Waals surface area contributed by atoms with Gasteiger partial charge >= 0.3 is 0 Å². The number of hydrogen-bond donors (Lipinski definition) is 1. The van der Waals surface area contributed by atoms with E-state index in [1.165, 1.54) is 0 Å². The summed E-state index contributed by atoms with van der Waals surface area (Å²) in [5.41, 5.74) is 0. The van der Waals surface area contributed by atoms with E-state index in [-0.39, 0.29) is 6.10 Å². The van der Waals surface area contributed by atoms with Gasteiger partial charge in [0.15, 0.2) is 5.15 Å². The van der Waals surface area contributed by atoms with Gasteiger partial charge in [-0.05, 0) is 50.1 Å². The first-order valence-corrected chi connectivity index (χ1v) is 9.81. The van der Waals surface area contributed by atoms with Crippen LogP contribution in [0.15, 0.2) is 30.3 Å². The van der Waals surface area contributed by atoms with Gasteiger partial charge in [0.1, 0.15) is 17.7 Å². The summed E-state index contributed by atoms with van der Waals surface area (Å²) in [5, 5.41) is 12.5. The lowest BCUT2D eigenvalue weighted by Gasteiger charge is -2.32. The molecule has 0 bridgehead atoms. The highest BCUT2D eigenvalue weighted by Gasteiger charge is 2.20. The van der Waals surface area contributed by atoms with Crippen molar-refractivity contribution in [1.82, 2.24) is 15.1 Å². The Bertz CT molecular complexity index is 706. The molecule has 2 aromatic rings. The summed E-state index contributed by atoms with van der Waals surface area (Å²) < 4.78 is 6.02. The van der Waals surface area contributed by atoms with Gasteiger partial charge in [-0.25, -0.2) is 0 Å². The fraction of sp³-hybridized carbons (Fsp3) is 0.444. The maximum atomic E-state index is 6.04. The molecular weight excluding hydrogens is 395 g/mol. The molecular formula is C18H21Cl3N4O. The Kier molecular flexibility index (Phi) is 7.20. The Hall–Kier alpha value is -1.27. The molecule has 1 aromatic carbocycles. The fourth-order valence-electron chi connectivity index (χ4n) is 2.92. The van der Waals surface area contributed by atoms with E-state index in [0.717, 1.165) is 57.0 Å². The molecule has 1 aromatic heterocycles. The molecule has 1 aliphatic heterocycles. The molecule has 3 rings (SSSR count). The minimum atomic E-state index is 0.228. The van der Waals surface area contributed by atoms with Crippen LogP contribution in [0.4, 0.5) is 5.82 Å². The minimum absolute atomic E-state index is 0.228. The van der Waals surface area contributed by atoms with Crippen molar-refractivity contribution in [2.24, 2.45) is 0 Å². The number of benzene rings is 1. The minimum Gasteiger partial charge on any atom is -0.490 e. The zero-order valence-electron chi connectivity index (χ0n) is 14.3. The average molecular weight is 416 g/mol. The number of aromatic nitrogens is 2. The van der Waals surface area contributed by atoms with E-state index in [9.17, 15) is 0 Å². The molecule has 1 saturated heterocycles. The maximum absolute atomic E-state index is 6.04. The highest BCUT2D eigenvalue weighted by atomic mass is 35.5. The van der Waals surface area contributed by atoms with E-state index in [0.29, 0.717) is 15.2 Å². The summed E-state index contributed by atoms with van der Waals surface area (Å²) >= 11 is 17.7. The Balaban J connectivity index is 1.33. The van der Waals surface area contributed by atoms with Gasteiger partial charge in [0, 0.05) is 25.7 Å². The van der Waals surface area contributed by atoms with Gasteiger partial charge < -0.3 is 15.0 Å². The maximum Gasteiger partial charge on any atom is 0.151 e. The molecule has 140 valence electrons. The van der Waals surface area contributed by atoms with Crippen LogP contribution >= 0.6 is 34.8 Å². The topological polar surface area (TPSA) is 50.3 Å². The summed E-state index contributed by atoms with van der Waals surface area (Å²) in [4.78, 5) is 2.46. The van der Waals surface area contributed by atoms with Crippen molar-refractivity contribution in [2.45, 2.75) is 25.4 Å². The zero-order chi connectivity index (χ0) is 18.4. The first kappa shape index (κ1) is 19.5. The van der Waals surface area contributed by atoms with E-state index in [1.807, 2.05) is 12.1 Å². The second-order valence-corrected chi connectivity index (χ2v) is 7.46. The Morgan fingerprint density at radius 2 is 1.85 bits per heavy atom. The third-order valence-electron chi connectivity index (χ3n) is 4.32. The Morgan fingerprint density at radius 1 is 1.04 bits per heavy atom. The van der Waals surface area contributed by atoms with Crippen LogP contribution in [-0.4, -0.2) is 47.4 Å². The van der Waals surface area contributed by atoms with Crippen LogP contribution in [0, 0.1) is 0 Å². The molecule has 0 amide bonds. The molecule has 0 spiro atoms. The largest absolute Gasteiger partial charge is 0.490 e. The predicted molar refractivity (Wildman–Crippen MR) is 107 cm³/mol. The monoisotopic (exact) mass is 414 g/mol. The van der Waals surface area contributed by atoms with Crippen LogP contribution in [0.1, 0.15) is 19.3 Å². The fourth-order valence-corrected chi connectivity index (χ4v) is 3.31. The number of nitrogens with one attached hydrogen (secondary N) is 1. The SMILES string of the molecule is Clc1ccc(NCCCN2CCC(Oc3ccc(Cl)c(Cl)c3)CC2)nn1. The molecule has 2 heterocycles. The zero-order valence-corrected chi connectivity index (χ0v) is 16.6. The summed E-state index contributed by atoms with van der Waals surface area (Å²) in [6.07, 6.45) is 3.29. The van der Waals surface area contributed by atoms with Gasteiger partial charge in [0.05, 0.1) is 10.0 Å². The third-order valence-corrected chi connectivity index (χ3v) is 5.26. The number of piperidine rings is 1. The Labute approximate surface area is 168 Å². The van der Waals surface area contributed by atoms with Crippen LogP contribution in [0.2, 0.25) is 15.2 Å². The summed E-state index contributed by atoms with van der Waals surface area (Å²) in [6, 6.07) is 8.98. The molecule has 1 N–H and O–H groups in total. The lowest BCUT2D eigenvalue weighted by molar-refractivity contribution is 0.100. The number of nitrogens with zero attached hydrogens (tertiary/aromatic N) is 3. The number of likely N-dealkylation sites (tertiary alicyclic amines) is 1. The highest BCUT2D eigenvalue weighted by molar-refractivity contribution is 6.42. The smallest absolute Gasteiger partial charge is 0.151 e. The van der Waals surface area contributed by atoms with Crippen LogP contribution in [0.5, 0.6) is 5.75 Å². The first-order valence-electron chi connectivity index (χ1n) is 8.67. The Morgan fingerprint density at radius 3 is 2.54 bits per heavy atom. The van der Waals surface area contributed by atoms with Crippen LogP contribution in [0.25, 0.3) is 0 Å². The molecule has 1 fully saturated rings. The van der Waals surface area contributed by atoms with E-state index < -0.39 is 0 Å². The summed E-state index contributed by atoms with van der Waals surface area (Å²) in [6.45, 7) is 3.98. The number of anilines is 1. The van der Waals surface area contributed by atoms with Gasteiger partial charge in [-0.1, -0.05) is 34.8 Å². The molecule has 0 unspecified atom stereocenters. The van der Waals surface area contributed by atoms with Gasteiger partial charge in [-0.2, -0.15) is 0 Å². The van der Waals surface area contributed by atoms with Crippen LogP contribution in [0.3, 0.4) is 0 Å². The second kappa shape index (κ2) is 9.60. The van der Waals surface area contributed by atoms with Crippen molar-refractivity contribution in [2.75, 3.05) is 31.5 Å². The molecule has 1 aliphatic rings. The first-order chi connectivity index (χ1) is 12.6. The summed E-state index contributed by atoms with van der Waals surface area (Å²) in [7, 11) is 0. The van der Waals surface area contributed by atoms with Crippen molar-refractivity contribution in [3.05, 3.63) is 45.5 Å². The van der Waals surface area contributed by atoms with Crippen molar-refractivity contribution >= 4 is 40.6 Å². The highest BCUT2D eigenvalue weighted by Crippen LogP contribution is 2.28. The van der Waals surface area contributed by atoms with E-state index in [1.54, 1.807) is 18.2 Å². The van der Waals surface area contributed by atoms with E-state index in [2.05, 4.69) is 20.4 Å². The lowest BCUT2D eigenvalue weighted by atomic mass is 10.1. The number of halogens is 3. The van der Waals surface area contributed by atoms with Crippen molar-refractivity contribution < 1.29 is 4.74 Å². The van der Waals surface area contributed by atoms with Crippen molar-refractivity contribution in [3.63, 3.8) is 0 Å². The number of ether oxygens (including phenoxy) is 1. The molecule has 0 atom stereocenters. The molecule has 0 saturated carbocycles. The second-order valence-electron chi connectivity index (χ2n) is 6.26. The van der Waals surface area contributed by atoms with Gasteiger partial charge in [-0.3, -0.25) is 0 Å². The van der Waals surface area contributed by atoms with Crippen molar-refractivity contribution in [1.29, 1.82) is 0 Å². The molecule has 0 aliphatic carbocycles. The predicted octanol–water partition coefficient (Wildman–Crippen LogP) is 4.78. The molecule has 26 heavy (non-hydrogen) atoms.